The first kappa shape index (κ1) is 23.3. The van der Waals surface area contributed by atoms with Crippen molar-refractivity contribution in [2.75, 3.05) is 0 Å². The Kier molecular flexibility index (Phi) is 7.67. The van der Waals surface area contributed by atoms with E-state index in [1.165, 1.54) is 0 Å². The van der Waals surface area contributed by atoms with Crippen molar-refractivity contribution in [3.63, 3.8) is 0 Å². The number of rotatable bonds is 6. The summed E-state index contributed by atoms with van der Waals surface area (Å²) in [6.45, 7) is 30.9. The van der Waals surface area contributed by atoms with Crippen LogP contribution < -0.4 is 0 Å². The first-order valence-electron chi connectivity index (χ1n) is 8.03. The first-order chi connectivity index (χ1) is 8.73. The summed E-state index contributed by atoms with van der Waals surface area (Å²) >= 11 is 0.473. The third-order valence-electron chi connectivity index (χ3n) is 3.50. The standard InChI is InChI=1S/2C6H18NSi2.CH3.HI.Sn/c2*1-8(2,3)7-9(4,5)6;;;/h2*1-6H3;1H3;1H;/q2*-1;;;+3/p-1. The van der Waals surface area contributed by atoms with Crippen LogP contribution in [0.25, 0.3) is 0 Å². The normalized spacial score (nSPS) is 16.0. The van der Waals surface area contributed by atoms with Crippen LogP contribution in [0.2, 0.25) is 83.5 Å². The molecule has 21 heavy (non-hydrogen) atoms. The molecule has 0 heterocycles. The quantitative estimate of drug-likeness (QED) is 0.284. The van der Waals surface area contributed by atoms with E-state index in [1.807, 2.05) is 0 Å². The van der Waals surface area contributed by atoms with Gasteiger partial charge in [0.1, 0.15) is 0 Å². The fourth-order valence-corrected chi connectivity index (χ4v) is 132. The van der Waals surface area contributed by atoms with Gasteiger partial charge in [-0.05, 0) is 0 Å². The maximum atomic E-state index is 3.20. The molecule has 0 aromatic heterocycles. The van der Waals surface area contributed by atoms with E-state index >= 15 is 0 Å². The van der Waals surface area contributed by atoms with Crippen molar-refractivity contribution in [1.29, 1.82) is 0 Å². The van der Waals surface area contributed by atoms with E-state index in [9.17, 15) is 0 Å². The molecule has 0 saturated carbocycles. The second-order valence-corrected chi connectivity index (χ2v) is 56.8. The Bertz CT molecular complexity index is 302. The van der Waals surface area contributed by atoms with Crippen molar-refractivity contribution in [3.05, 3.63) is 0 Å². The van der Waals surface area contributed by atoms with E-state index in [4.69, 9.17) is 0 Å². The molecule has 2 nitrogen and oxygen atoms in total. The summed E-state index contributed by atoms with van der Waals surface area (Å²) in [7, 11) is -5.18. The molecule has 0 spiro atoms. The molecule has 128 valence electrons. The van der Waals surface area contributed by atoms with Crippen LogP contribution in [0.15, 0.2) is 0 Å². The van der Waals surface area contributed by atoms with Gasteiger partial charge in [-0.2, -0.15) is 0 Å². The summed E-state index contributed by atoms with van der Waals surface area (Å²) in [6, 6.07) is 0. The minimum atomic E-state index is -2.53. The summed E-state index contributed by atoms with van der Waals surface area (Å²) < 4.78 is 6.40. The number of halogens is 1. The van der Waals surface area contributed by atoms with Gasteiger partial charge < -0.3 is 0 Å². The van der Waals surface area contributed by atoms with Gasteiger partial charge in [0.25, 0.3) is 0 Å². The van der Waals surface area contributed by atoms with Crippen LogP contribution in [0.3, 0.4) is 0 Å². The SMILES string of the molecule is C[Si](C)(C)[N]([Si](C)(C)C)[Sn]([CH3])([I])[N]([Si](C)(C)C)[Si](C)(C)C. The molecule has 0 bridgehead atoms. The fraction of sp³-hybridized carbons (Fsp3) is 1.00. The molecule has 0 aliphatic carbocycles. The van der Waals surface area contributed by atoms with Gasteiger partial charge in [0.15, 0.2) is 0 Å². The predicted octanol–water partition coefficient (Wildman–Crippen LogP) is 5.93. The maximum absolute atomic E-state index is 3.20. The summed E-state index contributed by atoms with van der Waals surface area (Å²) in [5.41, 5.74) is 0. The molecule has 0 rings (SSSR count). The van der Waals surface area contributed by atoms with Crippen molar-refractivity contribution in [3.8, 4) is 0 Å². The van der Waals surface area contributed by atoms with E-state index in [0.717, 1.165) is 0 Å². The third kappa shape index (κ3) is 6.27. The van der Waals surface area contributed by atoms with Gasteiger partial charge in [0, 0.05) is 0 Å². The third-order valence-corrected chi connectivity index (χ3v) is 74.9. The van der Waals surface area contributed by atoms with E-state index in [-0.39, 0.29) is 0 Å². The molecule has 0 amide bonds. The Hall–Kier alpha value is 2.32. The monoisotopic (exact) mass is 582 g/mol. The number of nitrogens with zero attached hydrogens (tertiary/aromatic N) is 2. The van der Waals surface area contributed by atoms with Gasteiger partial charge in [-0.3, -0.25) is 0 Å². The zero-order chi connectivity index (χ0) is 17.7. The van der Waals surface area contributed by atoms with Gasteiger partial charge >= 0.3 is 155 Å². The zero-order valence-electron chi connectivity index (χ0n) is 16.8. The fourth-order valence-electron chi connectivity index (χ4n) is 4.56. The van der Waals surface area contributed by atoms with Crippen molar-refractivity contribution < 1.29 is 0 Å². The second-order valence-electron chi connectivity index (χ2n) is 10.3. The van der Waals surface area contributed by atoms with Crippen LogP contribution in [0.1, 0.15) is 0 Å². The van der Waals surface area contributed by atoms with Crippen molar-refractivity contribution in [1.82, 2.24) is 4.91 Å². The Morgan fingerprint density at radius 3 is 0.762 bits per heavy atom. The van der Waals surface area contributed by atoms with E-state index in [0.29, 0.717) is 0 Å². The summed E-state index contributed by atoms with van der Waals surface area (Å²) in [5, 5.41) is 0. The Morgan fingerprint density at radius 2 is 0.667 bits per heavy atom. The zero-order valence-corrected chi connectivity index (χ0v) is 25.8. The molecule has 0 aromatic rings. The van der Waals surface area contributed by atoms with Crippen molar-refractivity contribution >= 4 is 66.5 Å². The van der Waals surface area contributed by atoms with Crippen LogP contribution in [-0.2, 0) is 0 Å². The molecule has 0 N–H and O–H groups in total. The van der Waals surface area contributed by atoms with Gasteiger partial charge in [-0.25, -0.2) is 0 Å². The molecule has 0 aliphatic rings. The van der Waals surface area contributed by atoms with E-state index in [1.54, 1.807) is 0 Å². The van der Waals surface area contributed by atoms with Crippen LogP contribution in [0.5, 0.6) is 0 Å². The minimum absolute atomic E-state index is 1.29. The molecule has 0 saturated heterocycles. The van der Waals surface area contributed by atoms with Gasteiger partial charge in [-0.1, -0.05) is 0 Å². The first-order valence-corrected chi connectivity index (χ1v) is 35.5. The molecule has 0 atom stereocenters. The predicted molar refractivity (Wildman–Crippen MR) is 123 cm³/mol. The molecular weight excluding hydrogens is 542 g/mol. The van der Waals surface area contributed by atoms with Gasteiger partial charge in [0.05, 0.1) is 0 Å². The molecule has 0 fully saturated rings. The van der Waals surface area contributed by atoms with E-state index < -0.39 is 47.9 Å². The summed E-state index contributed by atoms with van der Waals surface area (Å²) in [6.07, 6.45) is 0. The number of hydrogen-bond donors (Lipinski definition) is 0. The molecule has 0 unspecified atom stereocenters. The molecular formula is C13H39IN2Si4Sn. The Labute approximate surface area is 153 Å². The average Bonchev–Trinajstić information content (AvgIpc) is 1.84. The Balaban J connectivity index is 6.21. The average molecular weight is 581 g/mol. The Morgan fingerprint density at radius 1 is 0.524 bits per heavy atom. The number of hydrogen-bond acceptors (Lipinski definition) is 2. The molecule has 8 heteroatoms. The topological polar surface area (TPSA) is 6.48 Å². The van der Waals surface area contributed by atoms with Crippen LogP contribution in [-0.4, -0.2) is 52.8 Å². The molecule has 0 aromatic carbocycles. The second kappa shape index (κ2) is 6.91. The van der Waals surface area contributed by atoms with Crippen molar-refractivity contribution in [2.45, 2.75) is 83.5 Å². The van der Waals surface area contributed by atoms with Gasteiger partial charge in [0.2, 0.25) is 0 Å². The van der Waals surface area contributed by atoms with E-state index in [2.05, 4.69) is 107 Å². The van der Waals surface area contributed by atoms with Gasteiger partial charge in [-0.15, -0.1) is 0 Å². The van der Waals surface area contributed by atoms with Crippen LogP contribution in [0, 0.1) is 0 Å². The summed E-state index contributed by atoms with van der Waals surface area (Å²) in [4.78, 5) is 2.71. The van der Waals surface area contributed by atoms with Crippen LogP contribution >= 0.6 is 18.6 Å². The van der Waals surface area contributed by atoms with Crippen LogP contribution in [0.4, 0.5) is 0 Å². The van der Waals surface area contributed by atoms with Crippen molar-refractivity contribution in [2.24, 2.45) is 0 Å². The molecule has 0 radical (unpaired) electrons. The summed E-state index contributed by atoms with van der Waals surface area (Å²) in [5.74, 6) is 0. The molecule has 0 aliphatic heterocycles.